The predicted octanol–water partition coefficient (Wildman–Crippen LogP) is 3.66. The Morgan fingerprint density at radius 1 is 1.22 bits per heavy atom. The number of piperazine rings is 1. The third kappa shape index (κ3) is 2.75. The van der Waals surface area contributed by atoms with E-state index in [1.807, 2.05) is 11.3 Å². The maximum atomic E-state index is 5.09. The minimum Gasteiger partial charge on any atom is -0.353 e. The average Bonchev–Trinajstić information content (AvgIpc) is 2.87. The second-order valence-corrected chi connectivity index (χ2v) is 7.36. The molecule has 0 saturated carbocycles. The molecule has 2 aliphatic rings. The largest absolute Gasteiger partial charge is 0.353 e. The summed E-state index contributed by atoms with van der Waals surface area (Å²) in [5.41, 5.74) is 4.73. The Morgan fingerprint density at radius 3 is 2.83 bits per heavy atom. The summed E-state index contributed by atoms with van der Waals surface area (Å²) in [6.07, 6.45) is 1.03. The van der Waals surface area contributed by atoms with Crippen LogP contribution in [0, 0.1) is 6.92 Å². The molecule has 3 heterocycles. The van der Waals surface area contributed by atoms with E-state index in [2.05, 4.69) is 53.6 Å². The van der Waals surface area contributed by atoms with Crippen LogP contribution in [0.4, 0.5) is 16.4 Å². The van der Waals surface area contributed by atoms with Crippen LogP contribution in [-0.2, 0) is 6.42 Å². The summed E-state index contributed by atoms with van der Waals surface area (Å²) in [4.78, 5) is 8.82. The van der Waals surface area contributed by atoms with Crippen molar-refractivity contribution in [2.24, 2.45) is 4.99 Å². The van der Waals surface area contributed by atoms with Crippen LogP contribution in [0.1, 0.15) is 22.9 Å². The number of hydrogen-bond acceptors (Lipinski definition) is 5. The van der Waals surface area contributed by atoms with Crippen molar-refractivity contribution in [2.75, 3.05) is 31.5 Å². The van der Waals surface area contributed by atoms with Gasteiger partial charge in [0.2, 0.25) is 0 Å². The van der Waals surface area contributed by atoms with Gasteiger partial charge < -0.3 is 15.5 Å². The number of fused-ring (bicyclic) bond motifs is 2. The zero-order valence-electron chi connectivity index (χ0n) is 13.6. The van der Waals surface area contributed by atoms with Crippen molar-refractivity contribution in [3.63, 3.8) is 0 Å². The molecule has 1 fully saturated rings. The standard InChI is InChI=1S/C18H22N4S/c1-3-13-4-5-15-16(11-13)20-17(22-8-6-19-7-9-22)14-10-12(2)23-18(14)21-15/h4-5,10-11,19,21H,3,6-9H2,1-2H3. The van der Waals surface area contributed by atoms with Gasteiger partial charge in [-0.25, -0.2) is 4.99 Å². The summed E-state index contributed by atoms with van der Waals surface area (Å²) in [5, 5.41) is 8.24. The number of nitrogens with one attached hydrogen (secondary N) is 2. The summed E-state index contributed by atoms with van der Waals surface area (Å²) in [6.45, 7) is 8.41. The third-order valence-corrected chi connectivity index (χ3v) is 5.42. The molecular formula is C18H22N4S. The molecule has 0 amide bonds. The smallest absolute Gasteiger partial charge is 0.139 e. The van der Waals surface area contributed by atoms with Gasteiger partial charge in [0.1, 0.15) is 10.8 Å². The van der Waals surface area contributed by atoms with Crippen molar-refractivity contribution in [1.82, 2.24) is 10.2 Å². The summed E-state index contributed by atoms with van der Waals surface area (Å²) < 4.78 is 0. The van der Waals surface area contributed by atoms with E-state index in [0.717, 1.165) is 49.8 Å². The van der Waals surface area contributed by atoms with E-state index in [1.165, 1.54) is 21.0 Å². The lowest BCUT2D eigenvalue weighted by Crippen LogP contribution is -2.46. The molecule has 23 heavy (non-hydrogen) atoms. The maximum absolute atomic E-state index is 5.09. The average molecular weight is 326 g/mol. The molecule has 0 bridgehead atoms. The Hall–Kier alpha value is -1.85. The fourth-order valence-corrected chi connectivity index (χ4v) is 4.10. The quantitative estimate of drug-likeness (QED) is 0.840. The second kappa shape index (κ2) is 5.98. The molecule has 2 aliphatic heterocycles. The van der Waals surface area contributed by atoms with Crippen LogP contribution >= 0.6 is 11.3 Å². The molecule has 2 aromatic rings. The van der Waals surface area contributed by atoms with E-state index in [0.29, 0.717) is 0 Å². The Morgan fingerprint density at radius 2 is 2.04 bits per heavy atom. The van der Waals surface area contributed by atoms with Gasteiger partial charge in [-0.15, -0.1) is 11.3 Å². The Balaban J connectivity index is 1.85. The summed E-state index contributed by atoms with van der Waals surface area (Å²) in [5.74, 6) is 1.12. The highest BCUT2D eigenvalue weighted by atomic mass is 32.1. The van der Waals surface area contributed by atoms with Gasteiger partial charge in [0.25, 0.3) is 0 Å². The molecule has 120 valence electrons. The number of nitrogens with zero attached hydrogens (tertiary/aromatic N) is 2. The lowest BCUT2D eigenvalue weighted by Gasteiger charge is -2.30. The fraction of sp³-hybridized carbons (Fsp3) is 0.389. The van der Waals surface area contributed by atoms with Gasteiger partial charge in [0.05, 0.1) is 16.9 Å². The normalized spacial score (nSPS) is 17.0. The van der Waals surface area contributed by atoms with E-state index in [1.54, 1.807) is 0 Å². The summed E-state index contributed by atoms with van der Waals surface area (Å²) >= 11 is 1.81. The van der Waals surface area contributed by atoms with Crippen molar-refractivity contribution >= 4 is 33.5 Å². The van der Waals surface area contributed by atoms with Crippen LogP contribution in [0.25, 0.3) is 0 Å². The SMILES string of the molecule is CCc1ccc2c(c1)N=C(N1CCNCC1)c1cc(C)sc1N2. The molecule has 5 heteroatoms. The number of rotatable bonds is 1. The van der Waals surface area contributed by atoms with Gasteiger partial charge in [0, 0.05) is 31.1 Å². The number of amidine groups is 1. The summed E-state index contributed by atoms with van der Waals surface area (Å²) in [6, 6.07) is 8.84. The maximum Gasteiger partial charge on any atom is 0.139 e. The first-order valence-corrected chi connectivity index (χ1v) is 9.11. The Labute approximate surface area is 141 Å². The molecular weight excluding hydrogens is 304 g/mol. The first-order chi connectivity index (χ1) is 11.2. The number of anilines is 2. The molecule has 0 aliphatic carbocycles. The zero-order valence-corrected chi connectivity index (χ0v) is 14.5. The van der Waals surface area contributed by atoms with Gasteiger partial charge in [0.15, 0.2) is 0 Å². The molecule has 0 unspecified atom stereocenters. The predicted molar refractivity (Wildman–Crippen MR) is 98.8 cm³/mol. The molecule has 2 N–H and O–H groups in total. The van der Waals surface area contributed by atoms with E-state index < -0.39 is 0 Å². The number of benzene rings is 1. The summed E-state index contributed by atoms with van der Waals surface area (Å²) in [7, 11) is 0. The van der Waals surface area contributed by atoms with E-state index in [9.17, 15) is 0 Å². The molecule has 4 nitrogen and oxygen atoms in total. The van der Waals surface area contributed by atoms with Crippen molar-refractivity contribution in [3.8, 4) is 0 Å². The first-order valence-electron chi connectivity index (χ1n) is 8.29. The van der Waals surface area contributed by atoms with Gasteiger partial charge >= 0.3 is 0 Å². The minimum absolute atomic E-state index is 1.01. The molecule has 0 radical (unpaired) electrons. The van der Waals surface area contributed by atoms with Crippen LogP contribution in [0.3, 0.4) is 0 Å². The highest BCUT2D eigenvalue weighted by Gasteiger charge is 2.24. The van der Waals surface area contributed by atoms with Gasteiger partial charge in [-0.2, -0.15) is 0 Å². The topological polar surface area (TPSA) is 39.7 Å². The zero-order chi connectivity index (χ0) is 15.8. The van der Waals surface area contributed by atoms with Crippen LogP contribution < -0.4 is 10.6 Å². The molecule has 1 aromatic carbocycles. The fourth-order valence-electron chi connectivity index (χ4n) is 3.18. The lowest BCUT2D eigenvalue weighted by atomic mass is 10.1. The Kier molecular flexibility index (Phi) is 3.83. The third-order valence-electron chi connectivity index (χ3n) is 4.46. The Bertz CT molecular complexity index is 756. The number of hydrogen-bond donors (Lipinski definition) is 2. The second-order valence-electron chi connectivity index (χ2n) is 6.10. The van der Waals surface area contributed by atoms with E-state index in [-0.39, 0.29) is 0 Å². The van der Waals surface area contributed by atoms with E-state index >= 15 is 0 Å². The molecule has 1 aromatic heterocycles. The molecule has 0 atom stereocenters. The van der Waals surface area contributed by atoms with Crippen LogP contribution in [0.15, 0.2) is 29.3 Å². The number of aryl methyl sites for hydroxylation is 2. The highest BCUT2D eigenvalue weighted by Crippen LogP contribution is 2.39. The van der Waals surface area contributed by atoms with E-state index in [4.69, 9.17) is 4.99 Å². The number of thiophene rings is 1. The molecule has 1 saturated heterocycles. The van der Waals surface area contributed by atoms with Crippen LogP contribution in [-0.4, -0.2) is 36.9 Å². The monoisotopic (exact) mass is 326 g/mol. The number of aliphatic imine (C=N–C) groups is 1. The minimum atomic E-state index is 1.01. The van der Waals surface area contributed by atoms with Gasteiger partial charge in [-0.1, -0.05) is 13.0 Å². The lowest BCUT2D eigenvalue weighted by molar-refractivity contribution is 0.358. The van der Waals surface area contributed by atoms with Gasteiger partial charge in [-0.05, 0) is 37.1 Å². The van der Waals surface area contributed by atoms with Crippen LogP contribution in [0.2, 0.25) is 0 Å². The van der Waals surface area contributed by atoms with Crippen molar-refractivity contribution in [2.45, 2.75) is 20.3 Å². The molecule has 0 spiro atoms. The van der Waals surface area contributed by atoms with Crippen molar-refractivity contribution in [3.05, 3.63) is 40.3 Å². The highest BCUT2D eigenvalue weighted by molar-refractivity contribution is 7.16. The van der Waals surface area contributed by atoms with Crippen molar-refractivity contribution in [1.29, 1.82) is 0 Å². The molecule has 4 rings (SSSR count). The van der Waals surface area contributed by atoms with Crippen LogP contribution in [0.5, 0.6) is 0 Å². The first kappa shape index (κ1) is 14.7. The van der Waals surface area contributed by atoms with Gasteiger partial charge in [-0.3, -0.25) is 0 Å². The van der Waals surface area contributed by atoms with Crippen molar-refractivity contribution < 1.29 is 0 Å².